The Bertz CT molecular complexity index is 1050. The maximum Gasteiger partial charge on any atom is 0.247 e. The first-order chi connectivity index (χ1) is 13.6. The highest BCUT2D eigenvalue weighted by Gasteiger charge is 2.34. The summed E-state index contributed by atoms with van der Waals surface area (Å²) in [7, 11) is 0. The molecule has 0 aliphatic carbocycles. The Morgan fingerprint density at radius 3 is 2.79 bits per heavy atom. The number of hydrogen-bond acceptors (Lipinski definition) is 6. The molecular weight excluding hydrogens is 440 g/mol. The van der Waals surface area contributed by atoms with Crippen LogP contribution in [0.2, 0.25) is 0 Å². The number of amides is 1. The summed E-state index contributed by atoms with van der Waals surface area (Å²) in [5.41, 5.74) is 2.83. The molecule has 0 fully saturated rings. The number of halogens is 1. The Kier molecular flexibility index (Phi) is 5.32. The average Bonchev–Trinajstić information content (AvgIpc) is 2.82. The largest absolute Gasteiger partial charge is 0.447 e. The molecule has 0 saturated carbocycles. The fourth-order valence-electron chi connectivity index (χ4n) is 3.12. The van der Waals surface area contributed by atoms with Crippen LogP contribution in [0.15, 0.2) is 58.2 Å². The van der Waals surface area contributed by atoms with Gasteiger partial charge in [0.1, 0.15) is 0 Å². The van der Waals surface area contributed by atoms with Gasteiger partial charge in [-0.15, -0.1) is 10.2 Å². The van der Waals surface area contributed by atoms with Gasteiger partial charge in [-0.25, -0.2) is 0 Å². The lowest BCUT2D eigenvalue weighted by Gasteiger charge is -2.30. The zero-order chi connectivity index (χ0) is 19.7. The molecule has 142 valence electrons. The standard InChI is InChI=1S/C20H17BrN4O2S/c1-3-28-20-22-18-17(23-24-20)15-9-4-5-10-16(15)25(12(2)26)19(27-18)13-7-6-8-14(21)11-13/h4-11,19H,3H2,1-2H3. The van der Waals surface area contributed by atoms with Crippen LogP contribution in [-0.2, 0) is 4.79 Å². The van der Waals surface area contributed by atoms with Crippen LogP contribution >= 0.6 is 27.7 Å². The van der Waals surface area contributed by atoms with Gasteiger partial charge in [0.15, 0.2) is 5.69 Å². The van der Waals surface area contributed by atoms with Crippen LogP contribution in [-0.4, -0.2) is 26.8 Å². The molecule has 1 aromatic heterocycles. The first-order valence-electron chi connectivity index (χ1n) is 8.77. The number of rotatable bonds is 3. The predicted octanol–water partition coefficient (Wildman–Crippen LogP) is 4.86. The summed E-state index contributed by atoms with van der Waals surface area (Å²) < 4.78 is 7.20. The Hall–Kier alpha value is -2.45. The molecule has 3 aromatic rings. The first kappa shape index (κ1) is 18.9. The van der Waals surface area contributed by atoms with E-state index in [-0.39, 0.29) is 5.91 Å². The lowest BCUT2D eigenvalue weighted by molar-refractivity contribution is -0.118. The molecule has 1 atom stereocenters. The molecule has 1 unspecified atom stereocenters. The van der Waals surface area contributed by atoms with Crippen LogP contribution in [0.4, 0.5) is 5.69 Å². The molecule has 28 heavy (non-hydrogen) atoms. The number of para-hydroxylation sites is 1. The van der Waals surface area contributed by atoms with Crippen LogP contribution in [0.3, 0.4) is 0 Å². The van der Waals surface area contributed by atoms with Crippen molar-refractivity contribution >= 4 is 39.3 Å². The Labute approximate surface area is 175 Å². The van der Waals surface area contributed by atoms with E-state index in [4.69, 9.17) is 4.74 Å². The summed E-state index contributed by atoms with van der Waals surface area (Å²) in [5.74, 6) is 1.06. The van der Waals surface area contributed by atoms with Crippen molar-refractivity contribution in [3.05, 3.63) is 58.6 Å². The van der Waals surface area contributed by atoms with E-state index in [2.05, 4.69) is 31.1 Å². The van der Waals surface area contributed by atoms with E-state index < -0.39 is 6.23 Å². The minimum atomic E-state index is -0.673. The van der Waals surface area contributed by atoms with Crippen LogP contribution in [0.25, 0.3) is 11.3 Å². The molecule has 2 heterocycles. The molecule has 1 amide bonds. The maximum atomic E-state index is 12.7. The molecule has 0 spiro atoms. The number of thioether (sulfide) groups is 1. The molecule has 1 aliphatic heterocycles. The predicted molar refractivity (Wildman–Crippen MR) is 112 cm³/mol. The van der Waals surface area contributed by atoms with Crippen LogP contribution in [0.1, 0.15) is 25.6 Å². The molecule has 4 rings (SSSR count). The zero-order valence-electron chi connectivity index (χ0n) is 15.3. The lowest BCUT2D eigenvalue weighted by atomic mass is 10.1. The van der Waals surface area contributed by atoms with Gasteiger partial charge in [-0.1, -0.05) is 64.9 Å². The van der Waals surface area contributed by atoms with Gasteiger partial charge in [-0.3, -0.25) is 9.69 Å². The van der Waals surface area contributed by atoms with Crippen LogP contribution in [0, 0.1) is 0 Å². The highest BCUT2D eigenvalue weighted by Crippen LogP contribution is 2.43. The van der Waals surface area contributed by atoms with Crippen molar-refractivity contribution in [1.29, 1.82) is 0 Å². The minimum Gasteiger partial charge on any atom is -0.447 e. The fraction of sp³-hybridized carbons (Fsp3) is 0.200. The molecule has 0 N–H and O–H groups in total. The third kappa shape index (κ3) is 3.49. The second-order valence-electron chi connectivity index (χ2n) is 6.11. The van der Waals surface area contributed by atoms with Crippen LogP contribution < -0.4 is 9.64 Å². The summed E-state index contributed by atoms with van der Waals surface area (Å²) in [4.78, 5) is 18.9. The van der Waals surface area contributed by atoms with Crippen molar-refractivity contribution in [1.82, 2.24) is 15.2 Å². The number of carbonyl (C=O) groups is 1. The summed E-state index contributed by atoms with van der Waals surface area (Å²) in [6.07, 6.45) is -0.673. The van der Waals surface area contributed by atoms with E-state index in [9.17, 15) is 4.79 Å². The second kappa shape index (κ2) is 7.89. The normalized spacial score (nSPS) is 15.2. The van der Waals surface area contributed by atoms with Crippen molar-refractivity contribution < 1.29 is 9.53 Å². The van der Waals surface area contributed by atoms with Gasteiger partial charge in [0.2, 0.25) is 23.2 Å². The molecule has 0 bridgehead atoms. The molecule has 2 aromatic carbocycles. The van der Waals surface area contributed by atoms with Crippen molar-refractivity contribution in [2.75, 3.05) is 10.7 Å². The third-order valence-corrected chi connectivity index (χ3v) is 5.47. The van der Waals surface area contributed by atoms with E-state index >= 15 is 0 Å². The number of ether oxygens (including phenoxy) is 1. The first-order valence-corrected chi connectivity index (χ1v) is 10.5. The van der Waals surface area contributed by atoms with E-state index in [0.717, 1.165) is 21.4 Å². The monoisotopic (exact) mass is 456 g/mol. The van der Waals surface area contributed by atoms with Crippen molar-refractivity contribution in [2.24, 2.45) is 0 Å². The number of aromatic nitrogens is 3. The quantitative estimate of drug-likeness (QED) is 0.524. The summed E-state index contributed by atoms with van der Waals surface area (Å²) in [6.45, 7) is 3.55. The molecule has 1 aliphatic rings. The molecule has 0 saturated heterocycles. The number of anilines is 1. The smallest absolute Gasteiger partial charge is 0.247 e. The summed E-state index contributed by atoms with van der Waals surface area (Å²) >= 11 is 4.99. The van der Waals surface area contributed by atoms with Crippen LogP contribution in [0.5, 0.6) is 5.88 Å². The topological polar surface area (TPSA) is 68.2 Å². The van der Waals surface area contributed by atoms with Gasteiger partial charge in [-0.2, -0.15) is 4.98 Å². The number of fused-ring (bicyclic) bond motifs is 3. The van der Waals surface area contributed by atoms with Crippen molar-refractivity contribution in [3.63, 3.8) is 0 Å². The van der Waals surface area contributed by atoms with E-state index in [1.807, 2.05) is 55.5 Å². The Balaban J connectivity index is 1.95. The van der Waals surface area contributed by atoms with E-state index in [1.165, 1.54) is 18.7 Å². The number of carbonyl (C=O) groups excluding carboxylic acids is 1. The Morgan fingerprint density at radius 1 is 1.21 bits per heavy atom. The number of nitrogens with zero attached hydrogens (tertiary/aromatic N) is 4. The van der Waals surface area contributed by atoms with Gasteiger partial charge in [0, 0.05) is 22.5 Å². The lowest BCUT2D eigenvalue weighted by Crippen LogP contribution is -2.36. The number of hydrogen-bond donors (Lipinski definition) is 0. The van der Waals surface area contributed by atoms with Gasteiger partial charge in [0.25, 0.3) is 0 Å². The van der Waals surface area contributed by atoms with Gasteiger partial charge in [0.05, 0.1) is 5.69 Å². The highest BCUT2D eigenvalue weighted by atomic mass is 79.9. The van der Waals surface area contributed by atoms with Crippen molar-refractivity contribution in [3.8, 4) is 17.1 Å². The Morgan fingerprint density at radius 2 is 2.04 bits per heavy atom. The second-order valence-corrected chi connectivity index (χ2v) is 8.26. The maximum absolute atomic E-state index is 12.7. The molecule has 8 heteroatoms. The number of benzene rings is 2. The van der Waals surface area contributed by atoms with Crippen molar-refractivity contribution in [2.45, 2.75) is 25.2 Å². The minimum absolute atomic E-state index is 0.138. The van der Waals surface area contributed by atoms with Gasteiger partial charge >= 0.3 is 0 Å². The zero-order valence-corrected chi connectivity index (χ0v) is 17.7. The molecule has 6 nitrogen and oxygen atoms in total. The molecular formula is C20H17BrN4O2S. The summed E-state index contributed by atoms with van der Waals surface area (Å²) in [6, 6.07) is 15.3. The average molecular weight is 457 g/mol. The summed E-state index contributed by atoms with van der Waals surface area (Å²) in [5, 5.41) is 9.13. The van der Waals surface area contributed by atoms with E-state index in [0.29, 0.717) is 22.4 Å². The highest BCUT2D eigenvalue weighted by molar-refractivity contribution is 9.10. The fourth-order valence-corrected chi connectivity index (χ4v) is 4.04. The SMILES string of the molecule is CCSc1nnc2c(n1)OC(c1cccc(Br)c1)N(C(C)=O)c1ccccc1-2. The molecule has 0 radical (unpaired) electrons. The van der Waals surface area contributed by atoms with E-state index in [1.54, 1.807) is 4.90 Å². The van der Waals surface area contributed by atoms with Gasteiger partial charge < -0.3 is 4.74 Å². The third-order valence-electron chi connectivity index (χ3n) is 4.26. The van der Waals surface area contributed by atoms with Gasteiger partial charge in [-0.05, 0) is 24.0 Å².